The summed E-state index contributed by atoms with van der Waals surface area (Å²) in [6.07, 6.45) is 16.3. The minimum Gasteiger partial charge on any atom is -0.508 e. The number of hydrogen-bond acceptors (Lipinski definition) is 8. The molecule has 2 heterocycles. The zero-order chi connectivity index (χ0) is 35.1. The molecule has 3 aliphatic rings. The van der Waals surface area contributed by atoms with Gasteiger partial charge in [0.1, 0.15) is 17.0 Å². The van der Waals surface area contributed by atoms with Crippen molar-refractivity contribution in [3.8, 4) is 0 Å². The summed E-state index contributed by atoms with van der Waals surface area (Å²) in [5.41, 5.74) is 5.70. The van der Waals surface area contributed by atoms with Gasteiger partial charge in [-0.3, -0.25) is 4.79 Å². The van der Waals surface area contributed by atoms with Crippen LogP contribution in [0, 0.1) is 0 Å². The number of thioether (sulfide) groups is 1. The van der Waals surface area contributed by atoms with E-state index < -0.39 is 6.10 Å². The van der Waals surface area contributed by atoms with Gasteiger partial charge < -0.3 is 35.2 Å². The van der Waals surface area contributed by atoms with E-state index in [0.29, 0.717) is 25.0 Å². The standard InChI is InChI=1S/C25H34O4S.C14H25N3O/c1-4-5-6-19-7-9-20(10-8-19)11-12-23(14-21(27)13-18(2)3)29-25-16-22(28)15-24(17-26)30-25;1-14(2,15-11-18)13(12-5-4-6-12)17-9-7-16(3)8-10-17/h5-10,12-14,22,24-28H,4,11,15-17H2,1-3H3;11H,4-10H2,1-3H3,(H,15,18)/b6-5+,21-14+,23-12-;. The van der Waals surface area contributed by atoms with Crippen LogP contribution >= 0.6 is 11.8 Å². The van der Waals surface area contributed by atoms with Crippen molar-refractivity contribution in [1.29, 1.82) is 0 Å². The van der Waals surface area contributed by atoms with Gasteiger partial charge in [0.2, 0.25) is 6.41 Å². The summed E-state index contributed by atoms with van der Waals surface area (Å²) in [5, 5.41) is 32.7. The zero-order valence-corrected chi connectivity index (χ0v) is 30.8. The van der Waals surface area contributed by atoms with Gasteiger partial charge in [0.25, 0.3) is 0 Å². The highest BCUT2D eigenvalue weighted by molar-refractivity contribution is 8.00. The van der Waals surface area contributed by atoms with Gasteiger partial charge in [-0.15, -0.1) is 11.8 Å². The first kappa shape index (κ1) is 39.5. The molecule has 0 spiro atoms. The number of piperazine rings is 1. The normalized spacial score (nSPS) is 22.4. The van der Waals surface area contributed by atoms with Gasteiger partial charge in [-0.1, -0.05) is 48.9 Å². The lowest BCUT2D eigenvalue weighted by Gasteiger charge is -2.44. The molecule has 4 N–H and O–H groups in total. The molecule has 266 valence electrons. The van der Waals surface area contributed by atoms with Crippen LogP contribution in [0.15, 0.2) is 76.9 Å². The van der Waals surface area contributed by atoms with Crippen LogP contribution in [0.5, 0.6) is 0 Å². The molecule has 4 rings (SSSR count). The lowest BCUT2D eigenvalue weighted by atomic mass is 9.83. The van der Waals surface area contributed by atoms with Gasteiger partial charge in [-0.05, 0) is 102 Å². The second kappa shape index (κ2) is 19.9. The average molecular weight is 682 g/mol. The fourth-order valence-corrected chi connectivity index (χ4v) is 7.40. The molecule has 2 saturated heterocycles. The third-order valence-corrected chi connectivity index (χ3v) is 10.0. The summed E-state index contributed by atoms with van der Waals surface area (Å²) in [6, 6.07) is 8.35. The number of likely N-dealkylation sites (N-methyl/N-ethyl adjacent to an activating group) is 1. The van der Waals surface area contributed by atoms with Gasteiger partial charge >= 0.3 is 0 Å². The molecule has 0 bridgehead atoms. The lowest BCUT2D eigenvalue weighted by Crippen LogP contribution is -2.53. The van der Waals surface area contributed by atoms with Crippen molar-refractivity contribution in [2.24, 2.45) is 0 Å². The molecule has 8 nitrogen and oxygen atoms in total. The van der Waals surface area contributed by atoms with Crippen molar-refractivity contribution < 1.29 is 24.9 Å². The Morgan fingerprint density at radius 2 is 1.77 bits per heavy atom. The van der Waals surface area contributed by atoms with Gasteiger partial charge in [0.05, 0.1) is 18.2 Å². The highest BCUT2D eigenvalue weighted by Gasteiger charge is 2.33. The summed E-state index contributed by atoms with van der Waals surface area (Å²) in [5.74, 6) is 0.685. The van der Waals surface area contributed by atoms with Crippen molar-refractivity contribution in [2.75, 3.05) is 39.8 Å². The average Bonchev–Trinajstić information content (AvgIpc) is 3.01. The number of aliphatic hydroxyl groups excluding tert-OH is 3. The van der Waals surface area contributed by atoms with E-state index in [-0.39, 0.29) is 28.6 Å². The number of benzene rings is 1. The molecular weight excluding hydrogens is 623 g/mol. The van der Waals surface area contributed by atoms with Crippen molar-refractivity contribution in [3.63, 3.8) is 0 Å². The topological polar surface area (TPSA) is 106 Å². The van der Waals surface area contributed by atoms with Gasteiger partial charge in [0.15, 0.2) is 0 Å². The Labute approximate surface area is 293 Å². The van der Waals surface area contributed by atoms with E-state index in [4.69, 9.17) is 4.74 Å². The molecule has 2 aliphatic heterocycles. The van der Waals surface area contributed by atoms with Gasteiger partial charge in [0, 0.05) is 49.6 Å². The Bertz CT molecular complexity index is 1300. The number of carbonyl (C=O) groups excluding carboxylic acids is 1. The molecule has 1 amide bonds. The van der Waals surface area contributed by atoms with Crippen LogP contribution in [0.4, 0.5) is 0 Å². The van der Waals surface area contributed by atoms with Crippen LogP contribution in [0.2, 0.25) is 0 Å². The smallest absolute Gasteiger partial charge is 0.207 e. The number of nitrogens with one attached hydrogen (secondary N) is 1. The van der Waals surface area contributed by atoms with E-state index in [1.54, 1.807) is 17.7 Å². The van der Waals surface area contributed by atoms with Crippen LogP contribution in [-0.4, -0.2) is 93.7 Å². The van der Waals surface area contributed by atoms with E-state index in [9.17, 15) is 20.1 Å². The Balaban J connectivity index is 0.000000294. The van der Waals surface area contributed by atoms with E-state index in [1.807, 2.05) is 19.9 Å². The number of nitrogens with zero attached hydrogens (tertiary/aromatic N) is 2. The minimum atomic E-state index is -0.492. The molecule has 48 heavy (non-hydrogen) atoms. The summed E-state index contributed by atoms with van der Waals surface area (Å²) >= 11 is 1.53. The predicted octanol–water partition coefficient (Wildman–Crippen LogP) is 6.73. The van der Waals surface area contributed by atoms with E-state index >= 15 is 0 Å². The van der Waals surface area contributed by atoms with Gasteiger partial charge in [-0.25, -0.2) is 0 Å². The van der Waals surface area contributed by atoms with E-state index in [0.717, 1.165) is 50.1 Å². The van der Waals surface area contributed by atoms with Crippen LogP contribution in [0.1, 0.15) is 84.3 Å². The quantitative estimate of drug-likeness (QED) is 0.103. The SMILES string of the molecule is CC/C=C/c1ccc(C/C=C(/C=C(/O)C=C(C)C)OC2CC(O)CC(CO)S2)cc1.CN1CCN(C(=C2CCC2)C(C)(C)NC=O)CC1. The van der Waals surface area contributed by atoms with Crippen LogP contribution in [0.3, 0.4) is 0 Å². The van der Waals surface area contributed by atoms with Crippen LogP contribution in [0.25, 0.3) is 6.08 Å². The first-order valence-electron chi connectivity index (χ1n) is 17.4. The maximum absolute atomic E-state index is 10.8. The first-order chi connectivity index (χ1) is 22.9. The number of ether oxygens (including phenoxy) is 1. The molecule has 1 aromatic rings. The Morgan fingerprint density at radius 1 is 1.08 bits per heavy atom. The molecule has 1 saturated carbocycles. The summed E-state index contributed by atoms with van der Waals surface area (Å²) in [6.45, 7) is 14.5. The second-order valence-corrected chi connectivity index (χ2v) is 15.2. The number of carbonyl (C=O) groups is 1. The van der Waals surface area contributed by atoms with Crippen LogP contribution < -0.4 is 5.32 Å². The maximum atomic E-state index is 10.8. The molecule has 1 aromatic carbocycles. The predicted molar refractivity (Wildman–Crippen MR) is 200 cm³/mol. The van der Waals surface area contributed by atoms with Crippen molar-refractivity contribution in [3.05, 3.63) is 88.1 Å². The van der Waals surface area contributed by atoms with Crippen molar-refractivity contribution in [1.82, 2.24) is 15.1 Å². The highest BCUT2D eigenvalue weighted by atomic mass is 32.2. The Kier molecular flexibility index (Phi) is 16.3. The molecule has 3 atom stereocenters. The largest absolute Gasteiger partial charge is 0.508 e. The highest BCUT2D eigenvalue weighted by Crippen LogP contribution is 2.36. The molecule has 1 aliphatic carbocycles. The zero-order valence-electron chi connectivity index (χ0n) is 30.0. The molecule has 0 aromatic heterocycles. The maximum Gasteiger partial charge on any atom is 0.207 e. The fourth-order valence-electron chi connectivity index (χ4n) is 6.05. The number of allylic oxidation sites excluding steroid dienone is 6. The minimum absolute atomic E-state index is 0.0122. The fraction of sp³-hybridized carbons (Fsp3) is 0.564. The third kappa shape index (κ3) is 13.1. The molecule has 9 heteroatoms. The Hall–Kier alpha value is -2.98. The molecule has 3 unspecified atom stereocenters. The number of hydrogen-bond donors (Lipinski definition) is 4. The van der Waals surface area contributed by atoms with Crippen molar-refractivity contribution in [2.45, 2.75) is 102 Å². The molecule has 0 radical (unpaired) electrons. The third-order valence-electron chi connectivity index (χ3n) is 8.73. The van der Waals surface area contributed by atoms with Gasteiger partial charge in [-0.2, -0.15) is 0 Å². The number of amides is 1. The van der Waals surface area contributed by atoms with Crippen LogP contribution in [-0.2, 0) is 16.0 Å². The Morgan fingerprint density at radius 3 is 2.33 bits per heavy atom. The summed E-state index contributed by atoms with van der Waals surface area (Å²) in [4.78, 5) is 15.7. The monoisotopic (exact) mass is 681 g/mol. The first-order valence-corrected chi connectivity index (χ1v) is 18.4. The summed E-state index contributed by atoms with van der Waals surface area (Å²) in [7, 11) is 2.17. The summed E-state index contributed by atoms with van der Waals surface area (Å²) < 4.78 is 6.12. The van der Waals surface area contributed by atoms with E-state index in [2.05, 4.69) is 79.4 Å². The van der Waals surface area contributed by atoms with E-state index in [1.165, 1.54) is 42.3 Å². The van der Waals surface area contributed by atoms with Crippen molar-refractivity contribution >= 4 is 24.2 Å². The molecule has 3 fully saturated rings. The second-order valence-electron chi connectivity index (χ2n) is 13.8. The number of rotatable bonds is 13. The molecular formula is C39H59N3O5S. The lowest BCUT2D eigenvalue weighted by molar-refractivity contribution is -0.110. The number of aliphatic hydroxyl groups is 3.